The molecule has 1 atom stereocenters. The van der Waals surface area contributed by atoms with Crippen LogP contribution in [-0.2, 0) is 0 Å². The predicted molar refractivity (Wildman–Crippen MR) is 56.0 cm³/mol. The van der Waals surface area contributed by atoms with Gasteiger partial charge in [0.05, 0.1) is 11.8 Å². The number of pyridine rings is 1. The minimum Gasteiger partial charge on any atom is -0.387 e. The Hall–Kier alpha value is -0.890. The Labute approximate surface area is 85.0 Å². The fourth-order valence-electron chi connectivity index (χ4n) is 2.01. The molecule has 1 saturated carbocycles. The zero-order valence-electron chi connectivity index (χ0n) is 8.83. The molecule has 1 aromatic heterocycles. The van der Waals surface area contributed by atoms with E-state index in [0.29, 0.717) is 5.92 Å². The van der Waals surface area contributed by atoms with Gasteiger partial charge in [-0.3, -0.25) is 4.98 Å². The van der Waals surface area contributed by atoms with Crippen LogP contribution in [0.1, 0.15) is 42.2 Å². The van der Waals surface area contributed by atoms with Crippen LogP contribution in [0, 0.1) is 19.8 Å². The number of aliphatic hydroxyl groups excluding tert-OH is 1. The minimum atomic E-state index is -0.343. The van der Waals surface area contributed by atoms with E-state index in [2.05, 4.69) is 11.1 Å². The number of nitrogens with zero attached hydrogens (tertiary/aromatic N) is 1. The summed E-state index contributed by atoms with van der Waals surface area (Å²) in [6.45, 7) is 4.05. The van der Waals surface area contributed by atoms with Gasteiger partial charge in [-0.05, 0) is 43.7 Å². The third-order valence-electron chi connectivity index (χ3n) is 3.13. The third kappa shape index (κ3) is 1.67. The summed E-state index contributed by atoms with van der Waals surface area (Å²) in [6.07, 6.45) is 5.05. The SMILES string of the molecule is Cc1cnc(C(O)C2CCC2)c(C)c1. The Morgan fingerprint density at radius 2 is 2.14 bits per heavy atom. The molecular formula is C12H17NO. The maximum atomic E-state index is 10.0. The van der Waals surface area contributed by atoms with Gasteiger partial charge < -0.3 is 5.11 Å². The summed E-state index contributed by atoms with van der Waals surface area (Å²) in [4.78, 5) is 4.33. The van der Waals surface area contributed by atoms with Gasteiger partial charge in [0.25, 0.3) is 0 Å². The smallest absolute Gasteiger partial charge is 0.0990 e. The van der Waals surface area contributed by atoms with Crippen LogP contribution < -0.4 is 0 Å². The molecule has 2 heteroatoms. The van der Waals surface area contributed by atoms with Gasteiger partial charge in [0, 0.05) is 6.20 Å². The molecule has 1 aliphatic carbocycles. The van der Waals surface area contributed by atoms with Crippen molar-refractivity contribution >= 4 is 0 Å². The van der Waals surface area contributed by atoms with Crippen molar-refractivity contribution in [2.45, 2.75) is 39.2 Å². The van der Waals surface area contributed by atoms with Crippen LogP contribution in [0.15, 0.2) is 12.3 Å². The van der Waals surface area contributed by atoms with Gasteiger partial charge in [-0.25, -0.2) is 0 Å². The highest BCUT2D eigenvalue weighted by Gasteiger charge is 2.28. The van der Waals surface area contributed by atoms with Gasteiger partial charge in [0.1, 0.15) is 0 Å². The number of aromatic nitrogens is 1. The second kappa shape index (κ2) is 3.70. The molecule has 1 aromatic rings. The molecular weight excluding hydrogens is 174 g/mol. The lowest BCUT2D eigenvalue weighted by Crippen LogP contribution is -2.21. The lowest BCUT2D eigenvalue weighted by Gasteiger charge is -2.30. The second-order valence-electron chi connectivity index (χ2n) is 4.35. The zero-order chi connectivity index (χ0) is 10.1. The van der Waals surface area contributed by atoms with Crippen molar-refractivity contribution in [1.29, 1.82) is 0 Å². The summed E-state index contributed by atoms with van der Waals surface area (Å²) in [5.74, 6) is 0.448. The molecule has 1 fully saturated rings. The van der Waals surface area contributed by atoms with Crippen molar-refractivity contribution in [3.63, 3.8) is 0 Å². The molecule has 1 unspecified atom stereocenters. The number of aliphatic hydroxyl groups is 1. The molecule has 0 spiro atoms. The molecule has 76 valence electrons. The van der Waals surface area contributed by atoms with Crippen molar-refractivity contribution in [2.75, 3.05) is 0 Å². The van der Waals surface area contributed by atoms with E-state index in [0.717, 1.165) is 29.7 Å². The van der Waals surface area contributed by atoms with Crippen molar-refractivity contribution in [2.24, 2.45) is 5.92 Å². The van der Waals surface area contributed by atoms with E-state index in [1.54, 1.807) is 0 Å². The van der Waals surface area contributed by atoms with Gasteiger partial charge in [0.15, 0.2) is 0 Å². The first-order chi connectivity index (χ1) is 6.68. The van der Waals surface area contributed by atoms with Gasteiger partial charge in [-0.2, -0.15) is 0 Å². The van der Waals surface area contributed by atoms with Crippen LogP contribution in [0.25, 0.3) is 0 Å². The molecule has 0 radical (unpaired) electrons. The predicted octanol–water partition coefficient (Wildman–Crippen LogP) is 2.53. The summed E-state index contributed by atoms with van der Waals surface area (Å²) < 4.78 is 0. The average Bonchev–Trinajstić information content (AvgIpc) is 2.00. The highest BCUT2D eigenvalue weighted by atomic mass is 16.3. The Bertz CT molecular complexity index is 331. The molecule has 0 aromatic carbocycles. The van der Waals surface area contributed by atoms with E-state index in [1.165, 1.54) is 6.42 Å². The van der Waals surface area contributed by atoms with E-state index in [4.69, 9.17) is 0 Å². The summed E-state index contributed by atoms with van der Waals surface area (Å²) in [7, 11) is 0. The monoisotopic (exact) mass is 191 g/mol. The van der Waals surface area contributed by atoms with Crippen LogP contribution in [0.5, 0.6) is 0 Å². The van der Waals surface area contributed by atoms with E-state index in [9.17, 15) is 5.11 Å². The molecule has 14 heavy (non-hydrogen) atoms. The fraction of sp³-hybridized carbons (Fsp3) is 0.583. The van der Waals surface area contributed by atoms with Gasteiger partial charge in [-0.15, -0.1) is 0 Å². The fourth-order valence-corrected chi connectivity index (χ4v) is 2.01. The Kier molecular flexibility index (Phi) is 2.55. The van der Waals surface area contributed by atoms with Crippen LogP contribution in [-0.4, -0.2) is 10.1 Å². The molecule has 1 aliphatic rings. The topological polar surface area (TPSA) is 33.1 Å². The van der Waals surface area contributed by atoms with E-state index in [-0.39, 0.29) is 6.10 Å². The maximum Gasteiger partial charge on any atom is 0.0990 e. The standard InChI is InChI=1S/C12H17NO/c1-8-6-9(2)11(13-7-8)12(14)10-4-3-5-10/h6-7,10,12,14H,3-5H2,1-2H3. The Morgan fingerprint density at radius 1 is 1.43 bits per heavy atom. The van der Waals surface area contributed by atoms with Gasteiger partial charge >= 0.3 is 0 Å². The van der Waals surface area contributed by atoms with Crippen molar-refractivity contribution in [3.8, 4) is 0 Å². The molecule has 1 heterocycles. The van der Waals surface area contributed by atoms with E-state index in [1.807, 2.05) is 20.0 Å². The van der Waals surface area contributed by atoms with Crippen molar-refractivity contribution < 1.29 is 5.11 Å². The van der Waals surface area contributed by atoms with Gasteiger partial charge in [-0.1, -0.05) is 12.5 Å². The van der Waals surface area contributed by atoms with Crippen molar-refractivity contribution in [1.82, 2.24) is 4.98 Å². The average molecular weight is 191 g/mol. The Balaban J connectivity index is 2.22. The number of hydrogen-bond acceptors (Lipinski definition) is 2. The summed E-state index contributed by atoms with van der Waals surface area (Å²) in [6, 6.07) is 2.09. The first kappa shape index (κ1) is 9.66. The largest absolute Gasteiger partial charge is 0.387 e. The van der Waals surface area contributed by atoms with Gasteiger partial charge in [0.2, 0.25) is 0 Å². The highest BCUT2D eigenvalue weighted by molar-refractivity contribution is 5.25. The normalized spacial score (nSPS) is 19.1. The first-order valence-corrected chi connectivity index (χ1v) is 5.29. The first-order valence-electron chi connectivity index (χ1n) is 5.29. The van der Waals surface area contributed by atoms with Crippen LogP contribution in [0.3, 0.4) is 0 Å². The zero-order valence-corrected chi connectivity index (χ0v) is 8.83. The number of rotatable bonds is 2. The molecule has 1 N–H and O–H groups in total. The summed E-state index contributed by atoms with van der Waals surface area (Å²) in [5.41, 5.74) is 3.15. The Morgan fingerprint density at radius 3 is 2.64 bits per heavy atom. The minimum absolute atomic E-state index is 0.343. The molecule has 0 bridgehead atoms. The second-order valence-corrected chi connectivity index (χ2v) is 4.35. The quantitative estimate of drug-likeness (QED) is 0.779. The molecule has 2 nitrogen and oxygen atoms in total. The number of aryl methyl sites for hydroxylation is 2. The van der Waals surface area contributed by atoms with E-state index < -0.39 is 0 Å². The number of hydrogen-bond donors (Lipinski definition) is 1. The third-order valence-corrected chi connectivity index (χ3v) is 3.13. The van der Waals surface area contributed by atoms with Crippen LogP contribution in [0.2, 0.25) is 0 Å². The summed E-state index contributed by atoms with van der Waals surface area (Å²) in [5, 5.41) is 10.0. The van der Waals surface area contributed by atoms with Crippen LogP contribution >= 0.6 is 0 Å². The lowest BCUT2D eigenvalue weighted by molar-refractivity contribution is 0.0581. The molecule has 0 aliphatic heterocycles. The van der Waals surface area contributed by atoms with Crippen molar-refractivity contribution in [3.05, 3.63) is 29.1 Å². The molecule has 2 rings (SSSR count). The highest BCUT2D eigenvalue weighted by Crippen LogP contribution is 2.37. The summed E-state index contributed by atoms with van der Waals surface area (Å²) >= 11 is 0. The lowest BCUT2D eigenvalue weighted by atomic mass is 9.79. The maximum absolute atomic E-state index is 10.0. The molecule has 0 saturated heterocycles. The molecule has 0 amide bonds. The van der Waals surface area contributed by atoms with E-state index >= 15 is 0 Å². The van der Waals surface area contributed by atoms with Crippen LogP contribution in [0.4, 0.5) is 0 Å².